The minimum atomic E-state index is -2.77. The van der Waals surface area contributed by atoms with Gasteiger partial charge in [0.15, 0.2) is 9.84 Å². The summed E-state index contributed by atoms with van der Waals surface area (Å²) >= 11 is 0. The highest BCUT2D eigenvalue weighted by Gasteiger charge is 2.27. The molecule has 0 bridgehead atoms. The third-order valence-corrected chi connectivity index (χ3v) is 5.71. The van der Waals surface area contributed by atoms with Crippen LogP contribution in [0, 0.1) is 11.3 Å². The van der Waals surface area contributed by atoms with E-state index in [-0.39, 0.29) is 17.7 Å². The Morgan fingerprint density at radius 3 is 2.17 bits per heavy atom. The SMILES string of the molecule is C/C=C\CS(C)(=O)=O.C=C/C=C/C1=CCC=C(CN[C@@H](CC)C(=O)NC(C)(C#N)CC)C=C1.CC.CC(C)(C)F. The van der Waals surface area contributed by atoms with Crippen LogP contribution >= 0.6 is 0 Å². The lowest BCUT2D eigenvalue weighted by Crippen LogP contribution is -2.52. The average molecular weight is 580 g/mol. The first kappa shape index (κ1) is 41.7. The van der Waals surface area contributed by atoms with Crippen LogP contribution in [0.25, 0.3) is 0 Å². The summed E-state index contributed by atoms with van der Waals surface area (Å²) in [5, 5.41) is 15.4. The summed E-state index contributed by atoms with van der Waals surface area (Å²) in [4.78, 5) is 12.4. The number of hydrogen-bond acceptors (Lipinski definition) is 5. The summed E-state index contributed by atoms with van der Waals surface area (Å²) in [7, 11) is -2.77. The van der Waals surface area contributed by atoms with E-state index in [2.05, 4.69) is 47.6 Å². The van der Waals surface area contributed by atoms with Gasteiger partial charge in [0.1, 0.15) is 11.2 Å². The molecule has 1 aliphatic carbocycles. The smallest absolute Gasteiger partial charge is 0.238 e. The van der Waals surface area contributed by atoms with Crippen LogP contribution in [-0.4, -0.2) is 50.1 Å². The minimum absolute atomic E-state index is 0.126. The van der Waals surface area contributed by atoms with Gasteiger partial charge in [-0.2, -0.15) is 5.26 Å². The van der Waals surface area contributed by atoms with Crippen LogP contribution in [0.1, 0.15) is 81.6 Å². The quantitative estimate of drug-likeness (QED) is 0.201. The van der Waals surface area contributed by atoms with Crippen molar-refractivity contribution in [3.63, 3.8) is 0 Å². The molecule has 2 atom stereocenters. The fourth-order valence-electron chi connectivity index (χ4n) is 2.61. The second kappa shape index (κ2) is 23.0. The molecule has 8 heteroatoms. The molecule has 0 aromatic carbocycles. The van der Waals surface area contributed by atoms with E-state index in [1.54, 1.807) is 32.1 Å². The van der Waals surface area contributed by atoms with Gasteiger partial charge in [0, 0.05) is 12.8 Å². The molecule has 0 fully saturated rings. The van der Waals surface area contributed by atoms with Gasteiger partial charge in [-0.15, -0.1) is 0 Å². The lowest BCUT2D eigenvalue weighted by molar-refractivity contribution is -0.124. The standard InChI is InChI=1S/C21H29N3O.C5H10O2S.C4H9F.C2H6/c1-5-8-10-17-11-9-12-18(14-13-17)15-23-19(6-2)20(25)24-21(4,7-3)16-22;1-3-4-5-8(2,6)7;1-4(2,3)5;1-2/h5,8,10-14,19,23H,1,6-7,9,15H2,2-4H3,(H,24,25);3-4H,5H2,1-2H3;1-3H3;1-2H3/b10-8+;4-3-;;/t19-,21?;;;/m0.../s1. The van der Waals surface area contributed by atoms with E-state index >= 15 is 0 Å². The van der Waals surface area contributed by atoms with Crippen molar-refractivity contribution in [1.82, 2.24) is 10.6 Å². The molecule has 0 radical (unpaired) electrons. The van der Waals surface area contributed by atoms with Crippen LogP contribution in [0.4, 0.5) is 4.39 Å². The predicted molar refractivity (Wildman–Crippen MR) is 171 cm³/mol. The largest absolute Gasteiger partial charge is 0.337 e. The molecule has 0 aromatic rings. The van der Waals surface area contributed by atoms with Gasteiger partial charge >= 0.3 is 0 Å². The molecule has 0 aliphatic heterocycles. The van der Waals surface area contributed by atoms with Gasteiger partial charge in [-0.3, -0.25) is 4.79 Å². The molecule has 1 unspecified atom stereocenters. The molecule has 1 aliphatic rings. The molecule has 0 saturated carbocycles. The average Bonchev–Trinajstić information content (AvgIpc) is 3.11. The highest BCUT2D eigenvalue weighted by Crippen LogP contribution is 2.12. The van der Waals surface area contributed by atoms with E-state index in [0.717, 1.165) is 17.6 Å². The first-order valence-corrected chi connectivity index (χ1v) is 15.9. The third-order valence-electron chi connectivity index (χ3n) is 4.91. The Morgan fingerprint density at radius 2 is 1.77 bits per heavy atom. The van der Waals surface area contributed by atoms with Crippen LogP contribution in [0.15, 0.2) is 72.4 Å². The van der Waals surface area contributed by atoms with Gasteiger partial charge in [-0.25, -0.2) is 12.8 Å². The third kappa shape index (κ3) is 26.8. The van der Waals surface area contributed by atoms with E-state index in [4.69, 9.17) is 0 Å². The van der Waals surface area contributed by atoms with Crippen LogP contribution < -0.4 is 10.6 Å². The van der Waals surface area contributed by atoms with Gasteiger partial charge in [0.25, 0.3) is 0 Å². The zero-order valence-corrected chi connectivity index (χ0v) is 27.3. The molecular weight excluding hydrogens is 525 g/mol. The monoisotopic (exact) mass is 579 g/mol. The maximum atomic E-state index is 12.4. The highest BCUT2D eigenvalue weighted by atomic mass is 32.2. The van der Waals surface area contributed by atoms with Crippen LogP contribution in [0.2, 0.25) is 0 Å². The first-order valence-electron chi connectivity index (χ1n) is 13.8. The van der Waals surface area contributed by atoms with Crippen molar-refractivity contribution in [3.05, 3.63) is 72.4 Å². The number of carbonyl (C=O) groups is 1. The summed E-state index contributed by atoms with van der Waals surface area (Å²) in [6.07, 6.45) is 20.8. The first-order chi connectivity index (χ1) is 18.5. The topological polar surface area (TPSA) is 99.1 Å². The van der Waals surface area contributed by atoms with Gasteiger partial charge in [-0.05, 0) is 65.0 Å². The summed E-state index contributed by atoms with van der Waals surface area (Å²) in [5.41, 5.74) is 0.468. The Bertz CT molecular complexity index is 1020. The van der Waals surface area contributed by atoms with Crippen molar-refractivity contribution in [1.29, 1.82) is 5.26 Å². The van der Waals surface area contributed by atoms with E-state index in [1.807, 2.05) is 39.8 Å². The predicted octanol–water partition coefficient (Wildman–Crippen LogP) is 7.11. The van der Waals surface area contributed by atoms with Crippen molar-refractivity contribution in [3.8, 4) is 6.07 Å². The maximum Gasteiger partial charge on any atom is 0.238 e. The Morgan fingerprint density at radius 1 is 1.20 bits per heavy atom. The number of halogens is 1. The van der Waals surface area contributed by atoms with Gasteiger partial charge < -0.3 is 10.6 Å². The summed E-state index contributed by atoms with van der Waals surface area (Å²) < 4.78 is 32.4. The molecule has 0 saturated heterocycles. The van der Waals surface area contributed by atoms with Crippen molar-refractivity contribution in [2.24, 2.45) is 0 Å². The Labute approximate surface area is 244 Å². The number of allylic oxidation sites excluding steroid dienone is 8. The fraction of sp³-hybridized carbons (Fsp3) is 0.562. The lowest BCUT2D eigenvalue weighted by atomic mass is 10.00. The fourth-order valence-corrected chi connectivity index (χ4v) is 3.15. The zero-order valence-electron chi connectivity index (χ0n) is 26.5. The number of nitrogens with zero attached hydrogens (tertiary/aromatic N) is 1. The minimum Gasteiger partial charge on any atom is -0.337 e. The number of hydrogen-bond donors (Lipinski definition) is 2. The van der Waals surface area contributed by atoms with Gasteiger partial charge in [0.05, 0.1) is 17.9 Å². The summed E-state index contributed by atoms with van der Waals surface area (Å²) in [6, 6.07) is 1.86. The summed E-state index contributed by atoms with van der Waals surface area (Å²) in [5.74, 6) is 0.0306. The van der Waals surface area contributed by atoms with Crippen LogP contribution in [0.3, 0.4) is 0 Å². The summed E-state index contributed by atoms with van der Waals surface area (Å²) in [6.45, 7) is 20.3. The van der Waals surface area contributed by atoms with Crippen LogP contribution in [0.5, 0.6) is 0 Å². The normalized spacial score (nSPS) is 15.2. The Kier molecular flexibility index (Phi) is 24.0. The van der Waals surface area contributed by atoms with Crippen molar-refractivity contribution in [2.75, 3.05) is 18.6 Å². The zero-order chi connectivity index (χ0) is 31.8. The molecule has 2 N–H and O–H groups in total. The van der Waals surface area contributed by atoms with Crippen molar-refractivity contribution in [2.45, 2.75) is 98.8 Å². The maximum absolute atomic E-state index is 12.4. The number of sulfone groups is 1. The number of rotatable bonds is 11. The number of amides is 1. The lowest BCUT2D eigenvalue weighted by Gasteiger charge is -2.25. The molecule has 40 heavy (non-hydrogen) atoms. The number of alkyl halides is 1. The molecule has 0 spiro atoms. The Balaban J connectivity index is -0.000000750. The van der Waals surface area contributed by atoms with Crippen molar-refractivity contribution < 1.29 is 17.6 Å². The molecule has 0 aromatic heterocycles. The van der Waals surface area contributed by atoms with E-state index in [1.165, 1.54) is 27.0 Å². The van der Waals surface area contributed by atoms with E-state index in [9.17, 15) is 22.9 Å². The van der Waals surface area contributed by atoms with Gasteiger partial charge in [0.2, 0.25) is 5.91 Å². The molecule has 228 valence electrons. The number of nitriles is 1. The number of carbonyl (C=O) groups excluding carboxylic acids is 1. The number of nitrogens with one attached hydrogen (secondary N) is 2. The molecule has 1 rings (SSSR count). The van der Waals surface area contributed by atoms with Crippen molar-refractivity contribution >= 4 is 15.7 Å². The molecule has 1 amide bonds. The molecule has 0 heterocycles. The van der Waals surface area contributed by atoms with Gasteiger partial charge in [-0.1, -0.05) is 89.0 Å². The second-order valence-electron chi connectivity index (χ2n) is 10.0. The molecule has 6 nitrogen and oxygen atoms in total. The van der Waals surface area contributed by atoms with E-state index in [0.29, 0.717) is 19.4 Å². The highest BCUT2D eigenvalue weighted by molar-refractivity contribution is 7.90. The van der Waals surface area contributed by atoms with E-state index < -0.39 is 21.0 Å². The van der Waals surface area contributed by atoms with Crippen LogP contribution in [-0.2, 0) is 14.6 Å². The Hall–Kier alpha value is -2.76. The molecular formula is C32H54FN3O3S. The second-order valence-corrected chi connectivity index (χ2v) is 12.2.